The summed E-state index contributed by atoms with van der Waals surface area (Å²) in [5.41, 5.74) is 1.95. The molecule has 0 aliphatic heterocycles. The summed E-state index contributed by atoms with van der Waals surface area (Å²) in [6.45, 7) is 0.715. The zero-order chi connectivity index (χ0) is 14.7. The van der Waals surface area contributed by atoms with Crippen molar-refractivity contribution in [2.24, 2.45) is 0 Å². The van der Waals surface area contributed by atoms with Crippen molar-refractivity contribution in [2.75, 3.05) is 0 Å². The van der Waals surface area contributed by atoms with E-state index in [0.717, 1.165) is 5.56 Å². The molecule has 0 atom stereocenters. The van der Waals surface area contributed by atoms with Gasteiger partial charge in [-0.2, -0.15) is 0 Å². The first-order valence-electron chi connectivity index (χ1n) is 6.73. The molecule has 0 aliphatic carbocycles. The Morgan fingerprint density at radius 1 is 1.00 bits per heavy atom. The lowest BCUT2D eigenvalue weighted by Crippen LogP contribution is -2.01. The normalized spacial score (nSPS) is 10.8. The van der Waals surface area contributed by atoms with Crippen molar-refractivity contribution in [3.8, 4) is 11.1 Å². The quantitative estimate of drug-likeness (QED) is 0.706. The van der Waals surface area contributed by atoms with Crippen LogP contribution in [0.25, 0.3) is 11.1 Å². The number of benzene rings is 2. The van der Waals surface area contributed by atoms with Crippen LogP contribution < -0.4 is 0 Å². The Balaban J connectivity index is 1.95. The Labute approximate surface area is 121 Å². The Morgan fingerprint density at radius 2 is 1.86 bits per heavy atom. The monoisotopic (exact) mass is 284 g/mol. The van der Waals surface area contributed by atoms with Gasteiger partial charge in [0.05, 0.1) is 6.33 Å². The van der Waals surface area contributed by atoms with E-state index in [2.05, 4.69) is 4.98 Å². The number of halogens is 2. The summed E-state index contributed by atoms with van der Waals surface area (Å²) >= 11 is 0. The van der Waals surface area contributed by atoms with Gasteiger partial charge in [0.15, 0.2) is 0 Å². The number of hydrogen-bond acceptors (Lipinski definition) is 1. The fraction of sp³-hybridized carbons (Fsp3) is 0.118. The molecule has 0 saturated carbocycles. The van der Waals surface area contributed by atoms with Crippen LogP contribution in [0.1, 0.15) is 5.56 Å². The zero-order valence-corrected chi connectivity index (χ0v) is 11.3. The molecule has 0 spiro atoms. The largest absolute Gasteiger partial charge is 0.337 e. The Hall–Kier alpha value is -2.49. The molecule has 0 aliphatic rings. The Bertz CT molecular complexity index is 736. The molecule has 0 amide bonds. The molecule has 2 nitrogen and oxygen atoms in total. The van der Waals surface area contributed by atoms with Crippen LogP contribution in [0.4, 0.5) is 8.78 Å². The highest BCUT2D eigenvalue weighted by Crippen LogP contribution is 2.27. The standard InChI is InChI=1S/C17H14F2N2/c18-14-6-5-13(7-9-21-10-8-20-12-21)16(11-14)15-3-1-2-4-17(15)19/h1-6,8,10-12H,7,9H2. The molecule has 106 valence electrons. The lowest BCUT2D eigenvalue weighted by Gasteiger charge is -2.11. The van der Waals surface area contributed by atoms with E-state index in [1.165, 1.54) is 18.2 Å². The molecule has 1 heterocycles. The molecule has 1 aromatic heterocycles. The van der Waals surface area contributed by atoms with Crippen molar-refractivity contribution in [3.05, 3.63) is 78.4 Å². The van der Waals surface area contributed by atoms with Crippen LogP contribution in [0.3, 0.4) is 0 Å². The first kappa shape index (κ1) is 13.5. The molecule has 21 heavy (non-hydrogen) atoms. The smallest absolute Gasteiger partial charge is 0.131 e. The van der Waals surface area contributed by atoms with Crippen molar-refractivity contribution >= 4 is 0 Å². The summed E-state index contributed by atoms with van der Waals surface area (Å²) in [6.07, 6.45) is 5.99. The van der Waals surface area contributed by atoms with Gasteiger partial charge in [0.25, 0.3) is 0 Å². The zero-order valence-electron chi connectivity index (χ0n) is 11.3. The highest BCUT2D eigenvalue weighted by atomic mass is 19.1. The average molecular weight is 284 g/mol. The van der Waals surface area contributed by atoms with Crippen LogP contribution >= 0.6 is 0 Å². The van der Waals surface area contributed by atoms with Crippen LogP contribution in [0.5, 0.6) is 0 Å². The van der Waals surface area contributed by atoms with Gasteiger partial charge in [0.1, 0.15) is 11.6 Å². The molecule has 0 fully saturated rings. The first-order chi connectivity index (χ1) is 10.2. The van der Waals surface area contributed by atoms with E-state index in [1.54, 1.807) is 36.8 Å². The third-order valence-electron chi connectivity index (χ3n) is 3.43. The van der Waals surface area contributed by atoms with Crippen molar-refractivity contribution in [2.45, 2.75) is 13.0 Å². The van der Waals surface area contributed by atoms with Gasteiger partial charge in [-0.15, -0.1) is 0 Å². The third kappa shape index (κ3) is 2.99. The molecular formula is C17H14F2N2. The van der Waals surface area contributed by atoms with Crippen molar-refractivity contribution in [1.29, 1.82) is 0 Å². The van der Waals surface area contributed by atoms with E-state index < -0.39 is 0 Å². The fourth-order valence-electron chi connectivity index (χ4n) is 2.37. The fourth-order valence-corrected chi connectivity index (χ4v) is 2.37. The van der Waals surface area contributed by atoms with Crippen molar-refractivity contribution < 1.29 is 8.78 Å². The molecule has 0 unspecified atom stereocenters. The minimum absolute atomic E-state index is 0.341. The molecule has 3 rings (SSSR count). The maximum absolute atomic E-state index is 14.0. The lowest BCUT2D eigenvalue weighted by molar-refractivity contribution is 0.622. The lowest BCUT2D eigenvalue weighted by atomic mass is 9.97. The van der Waals surface area contributed by atoms with Gasteiger partial charge in [-0.3, -0.25) is 0 Å². The number of aromatic nitrogens is 2. The SMILES string of the molecule is Fc1ccc(CCn2ccnc2)c(-c2ccccc2F)c1. The number of aryl methyl sites for hydroxylation is 2. The Morgan fingerprint density at radius 3 is 2.62 bits per heavy atom. The summed E-state index contributed by atoms with van der Waals surface area (Å²) in [5, 5.41) is 0. The molecule has 0 N–H and O–H groups in total. The number of rotatable bonds is 4. The summed E-state index contributed by atoms with van der Waals surface area (Å²) < 4.78 is 29.4. The van der Waals surface area contributed by atoms with Gasteiger partial charge in [-0.25, -0.2) is 13.8 Å². The maximum atomic E-state index is 14.0. The summed E-state index contributed by atoms with van der Waals surface area (Å²) in [6, 6.07) is 11.0. The van der Waals surface area contributed by atoms with E-state index in [1.807, 2.05) is 10.8 Å². The van der Waals surface area contributed by atoms with E-state index >= 15 is 0 Å². The predicted octanol–water partition coefficient (Wildman–Crippen LogP) is 4.07. The summed E-state index contributed by atoms with van der Waals surface area (Å²) in [5.74, 6) is -0.702. The van der Waals surface area contributed by atoms with Crippen LogP contribution in [0.2, 0.25) is 0 Å². The second-order valence-corrected chi connectivity index (χ2v) is 4.83. The van der Waals surface area contributed by atoms with E-state index in [-0.39, 0.29) is 11.6 Å². The molecular weight excluding hydrogens is 270 g/mol. The van der Waals surface area contributed by atoms with E-state index in [4.69, 9.17) is 0 Å². The molecule has 3 aromatic rings. The first-order valence-corrected chi connectivity index (χ1v) is 6.73. The van der Waals surface area contributed by atoms with Crippen molar-refractivity contribution in [3.63, 3.8) is 0 Å². The second-order valence-electron chi connectivity index (χ2n) is 4.83. The topological polar surface area (TPSA) is 17.8 Å². The van der Waals surface area contributed by atoms with Gasteiger partial charge < -0.3 is 4.57 Å². The highest BCUT2D eigenvalue weighted by molar-refractivity contribution is 5.68. The molecule has 0 bridgehead atoms. The maximum Gasteiger partial charge on any atom is 0.131 e. The Kier molecular flexibility index (Phi) is 3.77. The minimum Gasteiger partial charge on any atom is -0.337 e. The molecule has 0 saturated heterocycles. The molecule has 4 heteroatoms. The summed E-state index contributed by atoms with van der Waals surface area (Å²) in [7, 11) is 0. The van der Waals surface area contributed by atoms with Gasteiger partial charge >= 0.3 is 0 Å². The van der Waals surface area contributed by atoms with Crippen LogP contribution in [-0.2, 0) is 13.0 Å². The highest BCUT2D eigenvalue weighted by Gasteiger charge is 2.10. The van der Waals surface area contributed by atoms with Gasteiger partial charge in [0, 0.05) is 24.5 Å². The predicted molar refractivity (Wildman–Crippen MR) is 77.7 cm³/mol. The third-order valence-corrected chi connectivity index (χ3v) is 3.43. The molecule has 2 aromatic carbocycles. The van der Waals surface area contributed by atoms with Gasteiger partial charge in [-0.05, 0) is 35.7 Å². The van der Waals surface area contributed by atoms with E-state index in [9.17, 15) is 8.78 Å². The number of imidazole rings is 1. The van der Waals surface area contributed by atoms with Gasteiger partial charge in [-0.1, -0.05) is 24.3 Å². The van der Waals surface area contributed by atoms with E-state index in [0.29, 0.717) is 24.1 Å². The van der Waals surface area contributed by atoms with Crippen LogP contribution in [0.15, 0.2) is 61.2 Å². The van der Waals surface area contributed by atoms with Crippen molar-refractivity contribution in [1.82, 2.24) is 9.55 Å². The minimum atomic E-state index is -0.361. The second kappa shape index (κ2) is 5.87. The number of nitrogens with zero attached hydrogens (tertiary/aromatic N) is 2. The summed E-state index contributed by atoms with van der Waals surface area (Å²) in [4.78, 5) is 3.99. The van der Waals surface area contributed by atoms with Crippen LogP contribution in [0, 0.1) is 11.6 Å². The van der Waals surface area contributed by atoms with Gasteiger partial charge in [0.2, 0.25) is 0 Å². The average Bonchev–Trinajstić information content (AvgIpc) is 3.00. The number of hydrogen-bond donors (Lipinski definition) is 0. The van der Waals surface area contributed by atoms with Crippen LogP contribution in [-0.4, -0.2) is 9.55 Å². The molecule has 0 radical (unpaired) electrons.